The number of aromatic nitrogens is 2. The van der Waals surface area contributed by atoms with Gasteiger partial charge in [0.25, 0.3) is 5.56 Å². The van der Waals surface area contributed by atoms with Crippen LogP contribution in [-0.4, -0.2) is 30.4 Å². The Kier molecular flexibility index (Phi) is 5.71. The second-order valence-corrected chi connectivity index (χ2v) is 7.70. The molecule has 0 fully saturated rings. The second kappa shape index (κ2) is 7.42. The minimum atomic E-state index is -3.45. The van der Waals surface area contributed by atoms with E-state index in [0.717, 1.165) is 10.9 Å². The lowest BCUT2D eigenvalue weighted by Crippen LogP contribution is -2.30. The third kappa shape index (κ3) is 4.94. The number of halogens is 2. The molecule has 0 saturated carbocycles. The Labute approximate surface area is 153 Å². The third-order valence-corrected chi connectivity index (χ3v) is 4.48. The van der Waals surface area contributed by atoms with E-state index in [-0.39, 0.29) is 16.6 Å². The number of sulfonamides is 1. The largest absolute Gasteiger partial charge is 0.324 e. The van der Waals surface area contributed by atoms with Gasteiger partial charge in [0.15, 0.2) is 0 Å². The SMILES string of the molecule is Cc1c(NC(=O)Cn2ncc(Cl)c(Cl)c2=O)cccc1NS(C)(=O)=O. The Morgan fingerprint density at radius 3 is 2.56 bits per heavy atom. The number of hydrogen-bond acceptors (Lipinski definition) is 5. The Balaban J connectivity index is 2.20. The van der Waals surface area contributed by atoms with Crippen molar-refractivity contribution in [1.29, 1.82) is 0 Å². The van der Waals surface area contributed by atoms with Crippen LogP contribution < -0.4 is 15.6 Å². The number of benzene rings is 1. The average Bonchev–Trinajstić information content (AvgIpc) is 2.51. The summed E-state index contributed by atoms with van der Waals surface area (Å²) in [5.41, 5.74) is 0.571. The number of amides is 1. The number of carbonyl (C=O) groups excluding carboxylic acids is 1. The maximum absolute atomic E-state index is 12.2. The van der Waals surface area contributed by atoms with E-state index in [4.69, 9.17) is 23.2 Å². The molecule has 2 rings (SSSR count). The highest BCUT2D eigenvalue weighted by Gasteiger charge is 2.13. The van der Waals surface area contributed by atoms with Gasteiger partial charge in [0.1, 0.15) is 11.6 Å². The van der Waals surface area contributed by atoms with Crippen LogP contribution in [0.1, 0.15) is 5.56 Å². The van der Waals surface area contributed by atoms with Crippen molar-refractivity contribution in [3.8, 4) is 0 Å². The van der Waals surface area contributed by atoms with E-state index in [1.54, 1.807) is 25.1 Å². The zero-order chi connectivity index (χ0) is 18.8. The second-order valence-electron chi connectivity index (χ2n) is 5.17. The molecule has 25 heavy (non-hydrogen) atoms. The first-order valence-electron chi connectivity index (χ1n) is 6.87. The molecule has 0 spiro atoms. The van der Waals surface area contributed by atoms with Gasteiger partial charge in [0.2, 0.25) is 15.9 Å². The highest BCUT2D eigenvalue weighted by molar-refractivity contribution is 7.92. The molecular weight excluding hydrogens is 391 g/mol. The fourth-order valence-electron chi connectivity index (χ4n) is 1.96. The molecule has 0 aliphatic heterocycles. The zero-order valence-electron chi connectivity index (χ0n) is 13.2. The van der Waals surface area contributed by atoms with E-state index < -0.39 is 21.5 Å². The van der Waals surface area contributed by atoms with E-state index in [0.29, 0.717) is 16.9 Å². The number of nitrogens with zero attached hydrogens (tertiary/aromatic N) is 2. The van der Waals surface area contributed by atoms with Crippen LogP contribution in [0.4, 0.5) is 11.4 Å². The van der Waals surface area contributed by atoms with Gasteiger partial charge in [0.05, 0.1) is 23.2 Å². The Morgan fingerprint density at radius 2 is 1.92 bits per heavy atom. The fourth-order valence-corrected chi connectivity index (χ4v) is 2.86. The lowest BCUT2D eigenvalue weighted by Gasteiger charge is -2.13. The molecule has 11 heteroatoms. The smallest absolute Gasteiger partial charge is 0.287 e. The lowest BCUT2D eigenvalue weighted by atomic mass is 10.1. The molecule has 134 valence electrons. The van der Waals surface area contributed by atoms with Gasteiger partial charge in [-0.05, 0) is 24.6 Å². The first-order chi connectivity index (χ1) is 11.6. The van der Waals surface area contributed by atoms with Crippen molar-refractivity contribution in [3.63, 3.8) is 0 Å². The minimum Gasteiger partial charge on any atom is -0.324 e. The van der Waals surface area contributed by atoms with Gasteiger partial charge in [0, 0.05) is 5.69 Å². The number of rotatable bonds is 5. The average molecular weight is 405 g/mol. The summed E-state index contributed by atoms with van der Waals surface area (Å²) in [5.74, 6) is -0.535. The van der Waals surface area contributed by atoms with Crippen molar-refractivity contribution >= 4 is 50.5 Å². The normalized spacial score (nSPS) is 11.2. The van der Waals surface area contributed by atoms with E-state index in [1.165, 1.54) is 6.20 Å². The number of nitrogens with one attached hydrogen (secondary N) is 2. The summed E-state index contributed by atoms with van der Waals surface area (Å²) in [5, 5.41) is 6.12. The van der Waals surface area contributed by atoms with Crippen LogP contribution >= 0.6 is 23.2 Å². The summed E-state index contributed by atoms with van der Waals surface area (Å²) in [7, 11) is -3.45. The van der Waals surface area contributed by atoms with Gasteiger partial charge in [-0.15, -0.1) is 0 Å². The molecule has 2 N–H and O–H groups in total. The molecule has 1 amide bonds. The molecule has 0 bridgehead atoms. The van der Waals surface area contributed by atoms with Gasteiger partial charge in [-0.25, -0.2) is 13.1 Å². The van der Waals surface area contributed by atoms with Gasteiger partial charge < -0.3 is 5.32 Å². The third-order valence-electron chi connectivity index (χ3n) is 3.14. The molecule has 0 atom stereocenters. The van der Waals surface area contributed by atoms with Crippen LogP contribution in [0.15, 0.2) is 29.2 Å². The summed E-state index contributed by atoms with van der Waals surface area (Å²) < 4.78 is 25.9. The van der Waals surface area contributed by atoms with Gasteiger partial charge in [-0.2, -0.15) is 5.10 Å². The molecule has 0 saturated heterocycles. The number of anilines is 2. The Morgan fingerprint density at radius 1 is 1.28 bits per heavy atom. The topological polar surface area (TPSA) is 110 Å². The van der Waals surface area contributed by atoms with E-state index in [1.807, 2.05) is 0 Å². The molecule has 1 aromatic heterocycles. The quantitative estimate of drug-likeness (QED) is 0.789. The maximum atomic E-state index is 12.2. The molecule has 0 aliphatic rings. The fraction of sp³-hybridized carbons (Fsp3) is 0.214. The van der Waals surface area contributed by atoms with Gasteiger partial charge in [-0.1, -0.05) is 29.3 Å². The first kappa shape index (κ1) is 19.2. The van der Waals surface area contributed by atoms with Crippen LogP contribution in [-0.2, 0) is 21.4 Å². The van der Waals surface area contributed by atoms with Crippen LogP contribution in [0.2, 0.25) is 10.0 Å². The highest BCUT2D eigenvalue weighted by atomic mass is 35.5. The number of carbonyl (C=O) groups is 1. The predicted molar refractivity (Wildman–Crippen MR) is 96.8 cm³/mol. The maximum Gasteiger partial charge on any atom is 0.287 e. The summed E-state index contributed by atoms with van der Waals surface area (Å²) in [6.07, 6.45) is 2.19. The van der Waals surface area contributed by atoms with E-state index >= 15 is 0 Å². The van der Waals surface area contributed by atoms with Crippen molar-refractivity contribution in [2.24, 2.45) is 0 Å². The first-order valence-corrected chi connectivity index (χ1v) is 9.51. The molecule has 0 unspecified atom stereocenters. The molecule has 8 nitrogen and oxygen atoms in total. The molecule has 0 aliphatic carbocycles. The van der Waals surface area contributed by atoms with Crippen molar-refractivity contribution in [1.82, 2.24) is 9.78 Å². The zero-order valence-corrected chi connectivity index (χ0v) is 15.5. The number of hydrogen-bond donors (Lipinski definition) is 2. The van der Waals surface area contributed by atoms with Gasteiger partial charge >= 0.3 is 0 Å². The minimum absolute atomic E-state index is 0.00119. The van der Waals surface area contributed by atoms with Crippen molar-refractivity contribution in [3.05, 3.63) is 50.4 Å². The summed E-state index contributed by atoms with van der Waals surface area (Å²) in [4.78, 5) is 24.0. The molecule has 2 aromatic rings. The van der Waals surface area contributed by atoms with Crippen LogP contribution in [0.25, 0.3) is 0 Å². The lowest BCUT2D eigenvalue weighted by molar-refractivity contribution is -0.117. The molecule has 1 aromatic carbocycles. The standard InChI is InChI=1S/C14H14Cl2N4O4S/c1-8-10(4-3-5-11(8)19-25(2,23)24)18-12(21)7-20-14(22)13(16)9(15)6-17-20/h3-6,19H,7H2,1-2H3,(H,18,21). The summed E-state index contributed by atoms with van der Waals surface area (Å²) in [6.45, 7) is 1.27. The van der Waals surface area contributed by atoms with Gasteiger partial charge in [-0.3, -0.25) is 14.3 Å². The molecule has 1 heterocycles. The summed E-state index contributed by atoms with van der Waals surface area (Å²) >= 11 is 11.4. The Bertz CT molecular complexity index is 989. The predicted octanol–water partition coefficient (Wildman–Crippen LogP) is 1.87. The molecule has 0 radical (unpaired) electrons. The van der Waals surface area contributed by atoms with Crippen molar-refractivity contribution in [2.75, 3.05) is 16.3 Å². The van der Waals surface area contributed by atoms with Crippen LogP contribution in [0, 0.1) is 6.92 Å². The van der Waals surface area contributed by atoms with E-state index in [9.17, 15) is 18.0 Å². The monoisotopic (exact) mass is 404 g/mol. The van der Waals surface area contributed by atoms with Crippen molar-refractivity contribution in [2.45, 2.75) is 13.5 Å². The van der Waals surface area contributed by atoms with Crippen LogP contribution in [0.5, 0.6) is 0 Å². The Hall–Kier alpha value is -2.10. The molecular formula is C14H14Cl2N4O4S. The van der Waals surface area contributed by atoms with Crippen LogP contribution in [0.3, 0.4) is 0 Å². The highest BCUT2D eigenvalue weighted by Crippen LogP contribution is 2.24. The van der Waals surface area contributed by atoms with Crippen molar-refractivity contribution < 1.29 is 13.2 Å². The summed E-state index contributed by atoms with van der Waals surface area (Å²) in [6, 6.07) is 4.75. The van der Waals surface area contributed by atoms with E-state index in [2.05, 4.69) is 15.1 Å².